The van der Waals surface area contributed by atoms with Crippen molar-refractivity contribution in [3.8, 4) is 5.75 Å². The Kier molecular flexibility index (Phi) is 7.59. The second-order valence-electron chi connectivity index (χ2n) is 11.4. The highest BCUT2D eigenvalue weighted by Crippen LogP contribution is 2.44. The predicted octanol–water partition coefficient (Wildman–Crippen LogP) is 6.05. The molecule has 5 rings (SSSR count). The summed E-state index contributed by atoms with van der Waals surface area (Å²) in [7, 11) is 1.86. The minimum atomic E-state index is -1.07. The van der Waals surface area contributed by atoms with Gasteiger partial charge in [0.2, 0.25) is 0 Å². The molecule has 0 spiro atoms. The summed E-state index contributed by atoms with van der Waals surface area (Å²) in [5.74, 6) is -0.451. The average molecular weight is 562 g/mol. The van der Waals surface area contributed by atoms with E-state index < -0.39 is 17.3 Å². The van der Waals surface area contributed by atoms with Gasteiger partial charge in [-0.15, -0.1) is 5.10 Å². The van der Waals surface area contributed by atoms with Crippen LogP contribution in [0.3, 0.4) is 0 Å². The number of carbonyl (C=O) groups is 1. The molecule has 2 atom stereocenters. The Morgan fingerprint density at radius 3 is 2.73 bits per heavy atom. The zero-order chi connectivity index (χ0) is 28.8. The topological polar surface area (TPSA) is 93.4 Å². The van der Waals surface area contributed by atoms with E-state index in [1.807, 2.05) is 26.1 Å². The number of aryl methyl sites for hydroxylation is 3. The Bertz CT molecular complexity index is 1580. The molecule has 2 unspecified atom stereocenters. The van der Waals surface area contributed by atoms with Crippen molar-refractivity contribution in [2.75, 3.05) is 6.54 Å². The lowest BCUT2D eigenvalue weighted by molar-refractivity contribution is -0.147. The first kappa shape index (κ1) is 28.1. The maximum absolute atomic E-state index is 12.6. The molecule has 1 N–H and O–H groups in total. The molecule has 0 radical (unpaired) electrons. The number of carboxylic acids is 1. The summed E-state index contributed by atoms with van der Waals surface area (Å²) < 4.78 is 8.02. The number of carboxylic acid groups (broad SMARTS) is 1. The number of pyridine rings is 1. The quantitative estimate of drug-likeness (QED) is 0.274. The van der Waals surface area contributed by atoms with Crippen LogP contribution in [0, 0.1) is 19.3 Å². The zero-order valence-corrected chi connectivity index (χ0v) is 24.7. The van der Waals surface area contributed by atoms with Crippen LogP contribution in [-0.2, 0) is 24.9 Å². The first-order chi connectivity index (χ1) is 19.0. The molecular weight excluding hydrogens is 526 g/mol. The fourth-order valence-corrected chi connectivity index (χ4v) is 5.91. The first-order valence-electron chi connectivity index (χ1n) is 13.6. The number of hydrogen-bond acceptors (Lipinski definition) is 6. The summed E-state index contributed by atoms with van der Waals surface area (Å²) in [5.41, 5.74) is 6.82. The lowest BCUT2D eigenvalue weighted by Gasteiger charge is -2.33. The number of nitrogens with zero attached hydrogens (tertiary/aromatic N) is 5. The van der Waals surface area contributed by atoms with Crippen molar-refractivity contribution < 1.29 is 14.6 Å². The minimum absolute atomic E-state index is 0.0308. The van der Waals surface area contributed by atoms with E-state index in [0.29, 0.717) is 18.2 Å². The van der Waals surface area contributed by atoms with Gasteiger partial charge >= 0.3 is 5.97 Å². The molecule has 1 aliphatic rings. The maximum atomic E-state index is 12.6. The molecule has 9 heteroatoms. The van der Waals surface area contributed by atoms with Crippen LogP contribution in [0.4, 0.5) is 0 Å². The summed E-state index contributed by atoms with van der Waals surface area (Å²) in [6, 6.07) is 12.2. The fraction of sp³-hybridized carbons (Fsp3) is 0.419. The van der Waals surface area contributed by atoms with E-state index in [1.54, 1.807) is 30.8 Å². The van der Waals surface area contributed by atoms with Crippen LogP contribution >= 0.6 is 11.6 Å². The smallest absolute Gasteiger partial charge is 0.310 e. The van der Waals surface area contributed by atoms with Crippen LogP contribution in [0.5, 0.6) is 5.75 Å². The van der Waals surface area contributed by atoms with Crippen LogP contribution in [0.2, 0.25) is 5.15 Å². The van der Waals surface area contributed by atoms with E-state index in [2.05, 4.69) is 52.2 Å². The van der Waals surface area contributed by atoms with E-state index in [0.717, 1.165) is 63.1 Å². The highest BCUT2D eigenvalue weighted by Gasteiger charge is 2.40. The molecule has 2 aromatic heterocycles. The van der Waals surface area contributed by atoms with E-state index in [9.17, 15) is 9.90 Å². The van der Waals surface area contributed by atoms with Crippen molar-refractivity contribution in [1.82, 2.24) is 24.9 Å². The average Bonchev–Trinajstić information content (AvgIpc) is 3.19. The number of halogens is 1. The fourth-order valence-electron chi connectivity index (χ4n) is 5.77. The van der Waals surface area contributed by atoms with Gasteiger partial charge in [-0.2, -0.15) is 0 Å². The van der Waals surface area contributed by atoms with Crippen molar-refractivity contribution in [1.29, 1.82) is 0 Å². The Labute approximate surface area is 239 Å². The van der Waals surface area contributed by atoms with E-state index in [4.69, 9.17) is 16.3 Å². The number of rotatable bonds is 7. The third-order valence-electron chi connectivity index (χ3n) is 8.28. The van der Waals surface area contributed by atoms with Crippen molar-refractivity contribution in [2.24, 2.45) is 12.5 Å². The largest absolute Gasteiger partial charge is 0.489 e. The van der Waals surface area contributed by atoms with Gasteiger partial charge in [-0.3, -0.25) is 9.69 Å². The number of fused-ring (bicyclic) bond motifs is 2. The predicted molar refractivity (Wildman–Crippen MR) is 156 cm³/mol. The highest BCUT2D eigenvalue weighted by molar-refractivity contribution is 6.29. The van der Waals surface area contributed by atoms with Gasteiger partial charge in [-0.1, -0.05) is 48.0 Å². The molecule has 1 aliphatic heterocycles. The van der Waals surface area contributed by atoms with Gasteiger partial charge < -0.3 is 9.84 Å². The Morgan fingerprint density at radius 2 is 2.00 bits per heavy atom. The SMILES string of the molecule is CCC1CN(Cc2cc(C(c3ccc4c(nnn4C)c3C)C(C)(C)C(=O)O)ccc2C)Cc2cnc(Cl)cc2O1. The molecule has 0 bridgehead atoms. The molecule has 0 aliphatic carbocycles. The number of aliphatic carboxylic acids is 1. The van der Waals surface area contributed by atoms with Crippen molar-refractivity contribution in [3.05, 3.63) is 81.1 Å². The van der Waals surface area contributed by atoms with Gasteiger partial charge in [0.1, 0.15) is 22.5 Å². The number of aromatic nitrogens is 4. The van der Waals surface area contributed by atoms with Gasteiger partial charge in [0, 0.05) is 50.4 Å². The Hall–Kier alpha value is -3.49. The van der Waals surface area contributed by atoms with Crippen molar-refractivity contribution in [2.45, 2.75) is 66.2 Å². The molecular formula is C31H36ClN5O3. The Balaban J connectivity index is 1.56. The summed E-state index contributed by atoms with van der Waals surface area (Å²) in [5, 5.41) is 19.3. The standard InChI is InChI=1S/C31H36ClN5O3/c1-7-23-17-37(16-22-14-33-27(32)13-26(22)40-23)15-21-12-20(9-8-18(21)2)28(31(4,5)30(38)39)24-10-11-25-29(19(24)3)34-35-36(25)6/h8-14,23,28H,7,15-17H2,1-6H3,(H,38,39). The lowest BCUT2D eigenvalue weighted by Crippen LogP contribution is -2.33. The van der Waals surface area contributed by atoms with E-state index in [-0.39, 0.29) is 6.10 Å². The molecule has 3 heterocycles. The second-order valence-corrected chi connectivity index (χ2v) is 11.8. The van der Waals surface area contributed by atoms with Gasteiger partial charge in [0.15, 0.2) is 0 Å². The molecule has 210 valence electrons. The number of hydrogen-bond donors (Lipinski definition) is 1. The molecule has 0 amide bonds. The maximum Gasteiger partial charge on any atom is 0.310 e. The van der Waals surface area contributed by atoms with Crippen LogP contribution in [0.1, 0.15) is 66.5 Å². The highest BCUT2D eigenvalue weighted by atomic mass is 35.5. The number of ether oxygens (including phenoxy) is 1. The number of benzene rings is 2. The van der Waals surface area contributed by atoms with Crippen molar-refractivity contribution >= 4 is 28.6 Å². The zero-order valence-electron chi connectivity index (χ0n) is 23.9. The normalized spacial score (nSPS) is 16.8. The van der Waals surface area contributed by atoms with Crippen molar-refractivity contribution in [3.63, 3.8) is 0 Å². The van der Waals surface area contributed by atoms with Crippen LogP contribution in [0.15, 0.2) is 42.6 Å². The molecule has 8 nitrogen and oxygen atoms in total. The molecule has 40 heavy (non-hydrogen) atoms. The molecule has 0 saturated heterocycles. The van der Waals surface area contributed by atoms with Crippen LogP contribution in [0.25, 0.3) is 11.0 Å². The second kappa shape index (κ2) is 10.8. The van der Waals surface area contributed by atoms with Gasteiger partial charge in [-0.05, 0) is 68.0 Å². The van der Waals surface area contributed by atoms with Gasteiger partial charge in [0.25, 0.3) is 0 Å². The van der Waals surface area contributed by atoms with Gasteiger partial charge in [0.05, 0.1) is 10.9 Å². The van der Waals surface area contributed by atoms with E-state index in [1.165, 1.54) is 0 Å². The third kappa shape index (κ3) is 5.18. The Morgan fingerprint density at radius 1 is 1.23 bits per heavy atom. The lowest BCUT2D eigenvalue weighted by atomic mass is 9.69. The van der Waals surface area contributed by atoms with E-state index >= 15 is 0 Å². The first-order valence-corrected chi connectivity index (χ1v) is 14.0. The van der Waals surface area contributed by atoms with Gasteiger partial charge in [-0.25, -0.2) is 9.67 Å². The van der Waals surface area contributed by atoms with Crippen LogP contribution in [-0.4, -0.2) is 48.6 Å². The summed E-state index contributed by atoms with van der Waals surface area (Å²) >= 11 is 6.15. The summed E-state index contributed by atoms with van der Waals surface area (Å²) in [6.45, 7) is 12.0. The molecule has 0 fully saturated rings. The summed E-state index contributed by atoms with van der Waals surface area (Å²) in [6.07, 6.45) is 2.69. The van der Waals surface area contributed by atoms with Crippen LogP contribution < -0.4 is 4.74 Å². The third-order valence-corrected chi connectivity index (χ3v) is 8.49. The molecule has 4 aromatic rings. The molecule has 2 aromatic carbocycles. The monoisotopic (exact) mass is 561 g/mol. The minimum Gasteiger partial charge on any atom is -0.489 e. The summed E-state index contributed by atoms with van der Waals surface area (Å²) in [4.78, 5) is 19.3. The molecule has 0 saturated carbocycles.